The van der Waals surface area contributed by atoms with E-state index in [1.807, 2.05) is 12.3 Å². The molecule has 1 fully saturated rings. The van der Waals surface area contributed by atoms with E-state index in [0.717, 1.165) is 27.9 Å². The average Bonchev–Trinajstić information content (AvgIpc) is 3.36. The third-order valence-corrected chi connectivity index (χ3v) is 7.42. The minimum Gasteiger partial charge on any atom is -0.346 e. The number of aromatic nitrogens is 4. The van der Waals surface area contributed by atoms with Crippen molar-refractivity contribution < 1.29 is 21.6 Å². The summed E-state index contributed by atoms with van der Waals surface area (Å²) in [7, 11) is -3.31. The molecule has 3 N–H and O–H groups in total. The summed E-state index contributed by atoms with van der Waals surface area (Å²) < 4.78 is 66.0. The van der Waals surface area contributed by atoms with Crippen molar-refractivity contribution in [3.8, 4) is 0 Å². The molecule has 1 saturated carbocycles. The predicted octanol–water partition coefficient (Wildman–Crippen LogP) is 3.03. The molecule has 12 heteroatoms. The summed E-state index contributed by atoms with van der Waals surface area (Å²) >= 11 is 0. The fourth-order valence-electron chi connectivity index (χ4n) is 4.43. The summed E-state index contributed by atoms with van der Waals surface area (Å²) in [5, 5.41) is 3.54. The molecule has 0 aromatic carbocycles. The van der Waals surface area contributed by atoms with E-state index in [4.69, 9.17) is 4.98 Å². The second-order valence-corrected chi connectivity index (χ2v) is 10.3. The number of hydrogen-bond acceptors (Lipinski definition) is 5. The lowest BCUT2D eigenvalue weighted by Crippen LogP contribution is -2.39. The first-order chi connectivity index (χ1) is 15.2. The van der Waals surface area contributed by atoms with Crippen molar-refractivity contribution >= 4 is 32.1 Å². The lowest BCUT2D eigenvalue weighted by molar-refractivity contribution is -0.126. The number of imidazole rings is 1. The second kappa shape index (κ2) is 8.99. The van der Waals surface area contributed by atoms with Crippen LogP contribution in [0.3, 0.4) is 0 Å². The molecule has 4 rings (SSSR count). The number of fused-ring (bicyclic) bond motifs is 3. The molecule has 3 aromatic rings. The highest BCUT2D eigenvalue weighted by molar-refractivity contribution is 7.89. The van der Waals surface area contributed by atoms with Gasteiger partial charge in [-0.15, -0.1) is 0 Å². The van der Waals surface area contributed by atoms with E-state index in [1.165, 1.54) is 0 Å². The average molecular weight is 473 g/mol. The van der Waals surface area contributed by atoms with Crippen molar-refractivity contribution in [1.29, 1.82) is 0 Å². The Morgan fingerprint density at radius 2 is 2.00 bits per heavy atom. The zero-order valence-electron chi connectivity index (χ0n) is 17.7. The van der Waals surface area contributed by atoms with Gasteiger partial charge < -0.3 is 14.9 Å². The van der Waals surface area contributed by atoms with E-state index in [-0.39, 0.29) is 24.4 Å². The highest BCUT2D eigenvalue weighted by atomic mass is 32.2. The first-order valence-electron chi connectivity index (χ1n) is 10.8. The molecule has 0 atom stereocenters. The Labute approximate surface area is 184 Å². The summed E-state index contributed by atoms with van der Waals surface area (Å²) in [6.07, 6.45) is 2.37. The van der Waals surface area contributed by atoms with Gasteiger partial charge in [-0.1, -0.05) is 0 Å². The Bertz CT molecular complexity index is 1180. The molecule has 0 amide bonds. The van der Waals surface area contributed by atoms with Crippen LogP contribution in [0.15, 0.2) is 18.5 Å². The fraction of sp³-hybridized carbons (Fsp3) is 0.600. The van der Waals surface area contributed by atoms with Gasteiger partial charge in [0.2, 0.25) is 10.0 Å². The van der Waals surface area contributed by atoms with E-state index < -0.39 is 22.7 Å². The van der Waals surface area contributed by atoms with E-state index in [9.17, 15) is 21.6 Å². The van der Waals surface area contributed by atoms with Crippen LogP contribution in [-0.2, 0) is 16.4 Å². The Morgan fingerprint density at radius 1 is 1.25 bits per heavy atom. The fourth-order valence-corrected chi connectivity index (χ4v) is 5.05. The standard InChI is InChI=1S/C20H27F3N6O2S/c1-2-32(30,31)27-10-8-17-28-16-11-25-19-15(7-9-24-19)18(16)29(17)14-5-3-13(4-6-14)26-12-20(21,22)23/h7,9,11,13-14,26-27H,2-6,8,10,12H2,1H3,(H,24,25). The van der Waals surface area contributed by atoms with Crippen LogP contribution < -0.4 is 10.0 Å². The molecule has 0 saturated heterocycles. The molecule has 32 heavy (non-hydrogen) atoms. The van der Waals surface area contributed by atoms with Gasteiger partial charge in [-0.25, -0.2) is 23.1 Å². The Morgan fingerprint density at radius 3 is 2.69 bits per heavy atom. The Balaban J connectivity index is 1.59. The number of rotatable bonds is 8. The number of alkyl halides is 3. The zero-order valence-corrected chi connectivity index (χ0v) is 18.6. The second-order valence-electron chi connectivity index (χ2n) is 8.18. The summed E-state index contributed by atoms with van der Waals surface area (Å²) in [5.74, 6) is 0.757. The van der Waals surface area contributed by atoms with Gasteiger partial charge in [-0.3, -0.25) is 0 Å². The molecule has 3 heterocycles. The highest BCUT2D eigenvalue weighted by Crippen LogP contribution is 2.35. The molecular weight excluding hydrogens is 445 g/mol. The maximum Gasteiger partial charge on any atom is 0.401 e. The molecule has 0 unspecified atom stereocenters. The van der Waals surface area contributed by atoms with Crippen LogP contribution in [0, 0.1) is 0 Å². The quantitative estimate of drug-likeness (QED) is 0.468. The van der Waals surface area contributed by atoms with Gasteiger partial charge in [0, 0.05) is 36.6 Å². The van der Waals surface area contributed by atoms with E-state index in [0.29, 0.717) is 32.1 Å². The topological polar surface area (TPSA) is 105 Å². The van der Waals surface area contributed by atoms with Gasteiger partial charge in [0.1, 0.15) is 17.0 Å². The van der Waals surface area contributed by atoms with E-state index >= 15 is 0 Å². The molecule has 0 radical (unpaired) electrons. The van der Waals surface area contributed by atoms with Crippen molar-refractivity contribution in [2.24, 2.45) is 0 Å². The smallest absolute Gasteiger partial charge is 0.346 e. The van der Waals surface area contributed by atoms with Crippen LogP contribution in [0.25, 0.3) is 22.1 Å². The normalized spacial score (nSPS) is 20.4. The number of H-pyrrole nitrogens is 1. The first-order valence-corrected chi connectivity index (χ1v) is 12.4. The van der Waals surface area contributed by atoms with Crippen LogP contribution in [-0.4, -0.2) is 59.0 Å². The molecule has 1 aliphatic carbocycles. The van der Waals surface area contributed by atoms with Crippen LogP contribution >= 0.6 is 0 Å². The van der Waals surface area contributed by atoms with Crippen LogP contribution in [0.2, 0.25) is 0 Å². The third kappa shape index (κ3) is 5.07. The van der Waals surface area contributed by atoms with Crippen molar-refractivity contribution in [2.75, 3.05) is 18.8 Å². The van der Waals surface area contributed by atoms with Crippen molar-refractivity contribution in [2.45, 2.75) is 57.3 Å². The summed E-state index contributed by atoms with van der Waals surface area (Å²) in [4.78, 5) is 12.2. The number of sulfonamides is 1. The van der Waals surface area contributed by atoms with Crippen molar-refractivity contribution in [3.05, 3.63) is 24.3 Å². The number of hydrogen-bond donors (Lipinski definition) is 3. The molecule has 8 nitrogen and oxygen atoms in total. The van der Waals surface area contributed by atoms with Gasteiger partial charge in [-0.2, -0.15) is 13.2 Å². The third-order valence-electron chi connectivity index (χ3n) is 6.01. The van der Waals surface area contributed by atoms with Crippen LogP contribution in [0.4, 0.5) is 13.2 Å². The summed E-state index contributed by atoms with van der Waals surface area (Å²) in [6.45, 7) is 0.831. The van der Waals surface area contributed by atoms with Gasteiger partial charge >= 0.3 is 6.18 Å². The van der Waals surface area contributed by atoms with Crippen LogP contribution in [0.5, 0.6) is 0 Å². The minimum atomic E-state index is -4.22. The molecule has 0 bridgehead atoms. The zero-order chi connectivity index (χ0) is 22.9. The molecule has 1 aliphatic rings. The molecule has 0 aliphatic heterocycles. The maximum absolute atomic E-state index is 12.6. The SMILES string of the molecule is CCS(=O)(=O)NCCc1nc2cnc3[nH]ccc3c2n1C1CCC(NCC(F)(F)F)CC1. The van der Waals surface area contributed by atoms with E-state index in [2.05, 4.69) is 24.6 Å². The van der Waals surface area contributed by atoms with Gasteiger partial charge in [0.25, 0.3) is 0 Å². The number of nitrogens with one attached hydrogen (secondary N) is 3. The van der Waals surface area contributed by atoms with Gasteiger partial charge in [-0.05, 0) is 38.7 Å². The first kappa shape index (κ1) is 23.0. The molecule has 3 aromatic heterocycles. The monoisotopic (exact) mass is 472 g/mol. The number of pyridine rings is 1. The Kier molecular flexibility index (Phi) is 6.46. The summed E-state index contributed by atoms with van der Waals surface area (Å²) in [5.41, 5.74) is 2.39. The number of aromatic amines is 1. The van der Waals surface area contributed by atoms with Crippen molar-refractivity contribution in [3.63, 3.8) is 0 Å². The minimum absolute atomic E-state index is 0.00620. The largest absolute Gasteiger partial charge is 0.401 e. The molecule has 176 valence electrons. The molecule has 0 spiro atoms. The Hall–Kier alpha value is -2.18. The lowest BCUT2D eigenvalue weighted by Gasteiger charge is -2.31. The highest BCUT2D eigenvalue weighted by Gasteiger charge is 2.31. The van der Waals surface area contributed by atoms with Gasteiger partial charge in [0.05, 0.1) is 24.0 Å². The number of halogens is 3. The lowest BCUT2D eigenvalue weighted by atomic mass is 9.90. The van der Waals surface area contributed by atoms with Crippen LogP contribution in [0.1, 0.15) is 44.5 Å². The van der Waals surface area contributed by atoms with Gasteiger partial charge in [0.15, 0.2) is 0 Å². The maximum atomic E-state index is 12.6. The van der Waals surface area contributed by atoms with E-state index in [1.54, 1.807) is 13.1 Å². The molecular formula is C20H27F3N6O2S. The number of nitrogens with zero attached hydrogens (tertiary/aromatic N) is 3. The predicted molar refractivity (Wildman–Crippen MR) is 116 cm³/mol. The van der Waals surface area contributed by atoms with Crippen molar-refractivity contribution in [1.82, 2.24) is 29.6 Å². The summed E-state index contributed by atoms with van der Waals surface area (Å²) in [6, 6.07) is 1.83.